The highest BCUT2D eigenvalue weighted by Gasteiger charge is 2.32. The first-order valence-electron chi connectivity index (χ1n) is 8.54. The van der Waals surface area contributed by atoms with Crippen LogP contribution < -0.4 is 4.90 Å². The summed E-state index contributed by atoms with van der Waals surface area (Å²) in [6, 6.07) is 14.2. The molecule has 2 heterocycles. The number of hydrogen-bond acceptors (Lipinski definition) is 5. The van der Waals surface area contributed by atoms with Crippen LogP contribution >= 0.6 is 0 Å². The van der Waals surface area contributed by atoms with Gasteiger partial charge in [0, 0.05) is 29.9 Å². The summed E-state index contributed by atoms with van der Waals surface area (Å²) >= 11 is 0. The van der Waals surface area contributed by atoms with E-state index < -0.39 is 9.84 Å². The average molecular weight is 369 g/mol. The summed E-state index contributed by atoms with van der Waals surface area (Å²) in [6.07, 6.45) is 1.68. The minimum absolute atomic E-state index is 0.129. The molecule has 2 aliphatic heterocycles. The lowest BCUT2D eigenvalue weighted by Crippen LogP contribution is -2.36. The van der Waals surface area contributed by atoms with Crippen LogP contribution in [0, 0.1) is 0 Å². The molecule has 4 rings (SSSR count). The van der Waals surface area contributed by atoms with E-state index in [4.69, 9.17) is 4.74 Å². The number of carbonyl (C=O) groups is 1. The summed E-state index contributed by atoms with van der Waals surface area (Å²) in [5, 5.41) is 0. The largest absolute Gasteiger partial charge is 0.378 e. The molecule has 0 radical (unpaired) electrons. The van der Waals surface area contributed by atoms with Gasteiger partial charge >= 0.3 is 0 Å². The van der Waals surface area contributed by atoms with Crippen molar-refractivity contribution in [3.8, 4) is 0 Å². The maximum absolute atomic E-state index is 12.7. The van der Waals surface area contributed by atoms with Gasteiger partial charge in [-0.2, -0.15) is 0 Å². The smallest absolute Gasteiger partial charge is 0.191 e. The average Bonchev–Trinajstić information content (AvgIpc) is 2.67. The Morgan fingerprint density at radius 1 is 0.962 bits per heavy atom. The second-order valence-electron chi connectivity index (χ2n) is 6.44. The molecule has 0 unspecified atom stereocenters. The molecule has 0 bridgehead atoms. The van der Waals surface area contributed by atoms with E-state index in [1.54, 1.807) is 24.3 Å². The number of fused-ring (bicyclic) bond motifs is 1. The lowest BCUT2D eigenvalue weighted by molar-refractivity contribution is 0.103. The monoisotopic (exact) mass is 369 g/mol. The predicted octanol–water partition coefficient (Wildman–Crippen LogP) is 2.58. The fraction of sp³-hybridized carbons (Fsp3) is 0.250. The molecule has 26 heavy (non-hydrogen) atoms. The molecule has 1 fully saturated rings. The fourth-order valence-corrected chi connectivity index (χ4v) is 4.92. The van der Waals surface area contributed by atoms with Gasteiger partial charge in [-0.1, -0.05) is 24.3 Å². The molecular formula is C20H19NO4S. The zero-order chi connectivity index (χ0) is 18.1. The van der Waals surface area contributed by atoms with Crippen LogP contribution in [0.5, 0.6) is 0 Å². The summed E-state index contributed by atoms with van der Waals surface area (Å²) in [7, 11) is -3.48. The first-order chi connectivity index (χ1) is 12.5. The van der Waals surface area contributed by atoms with Crippen LogP contribution in [0.4, 0.5) is 5.69 Å². The van der Waals surface area contributed by atoms with Crippen molar-refractivity contribution in [2.45, 2.75) is 4.90 Å². The highest BCUT2D eigenvalue weighted by atomic mass is 32.2. The molecule has 0 amide bonds. The van der Waals surface area contributed by atoms with E-state index in [1.165, 1.54) is 6.07 Å². The molecule has 0 atom stereocenters. The van der Waals surface area contributed by atoms with Crippen molar-refractivity contribution in [2.24, 2.45) is 0 Å². The number of carbonyl (C=O) groups excluding carboxylic acids is 1. The summed E-state index contributed by atoms with van der Waals surface area (Å²) in [5.41, 5.74) is 2.49. The second kappa shape index (κ2) is 6.70. The number of benzene rings is 2. The molecule has 5 nitrogen and oxygen atoms in total. The second-order valence-corrected chi connectivity index (χ2v) is 8.40. The van der Waals surface area contributed by atoms with Crippen LogP contribution in [-0.2, 0) is 14.6 Å². The maximum atomic E-state index is 12.7. The lowest BCUT2D eigenvalue weighted by Gasteiger charge is -2.28. The molecule has 0 N–H and O–H groups in total. The third-order valence-corrected chi connectivity index (χ3v) is 6.43. The summed E-state index contributed by atoms with van der Waals surface area (Å²) in [6.45, 7) is 3.15. The number of anilines is 1. The third kappa shape index (κ3) is 3.18. The highest BCUT2D eigenvalue weighted by Crippen LogP contribution is 2.29. The van der Waals surface area contributed by atoms with E-state index in [-0.39, 0.29) is 22.0 Å². The van der Waals surface area contributed by atoms with E-state index in [9.17, 15) is 13.2 Å². The lowest BCUT2D eigenvalue weighted by atomic mass is 10.0. The molecule has 1 saturated heterocycles. The third-order valence-electron chi connectivity index (χ3n) is 4.71. The van der Waals surface area contributed by atoms with E-state index in [2.05, 4.69) is 4.90 Å². The minimum Gasteiger partial charge on any atom is -0.378 e. The SMILES string of the molecule is O=C1/C(=C/c2ccc(N3CCOCC3)cc2)CS(=O)(=O)c2ccccc21. The topological polar surface area (TPSA) is 63.7 Å². The van der Waals surface area contributed by atoms with E-state index >= 15 is 0 Å². The van der Waals surface area contributed by atoms with Crippen molar-refractivity contribution in [1.29, 1.82) is 0 Å². The van der Waals surface area contributed by atoms with Gasteiger partial charge in [0.15, 0.2) is 15.6 Å². The van der Waals surface area contributed by atoms with Gasteiger partial charge in [-0.25, -0.2) is 8.42 Å². The Bertz CT molecular complexity index is 971. The zero-order valence-corrected chi connectivity index (χ0v) is 15.0. The van der Waals surface area contributed by atoms with Crippen LogP contribution in [0.2, 0.25) is 0 Å². The number of ketones is 1. The molecule has 0 saturated carbocycles. The van der Waals surface area contributed by atoms with Crippen LogP contribution in [0.3, 0.4) is 0 Å². The van der Waals surface area contributed by atoms with Gasteiger partial charge in [-0.15, -0.1) is 0 Å². The normalized spacial score (nSPS) is 20.8. The maximum Gasteiger partial charge on any atom is 0.191 e. The molecule has 2 aromatic carbocycles. The first kappa shape index (κ1) is 17.0. The Labute approximate surface area is 152 Å². The zero-order valence-electron chi connectivity index (χ0n) is 14.2. The summed E-state index contributed by atoms with van der Waals surface area (Å²) in [5.74, 6) is -0.471. The van der Waals surface area contributed by atoms with Crippen molar-refractivity contribution < 1.29 is 17.9 Å². The predicted molar refractivity (Wildman–Crippen MR) is 100 cm³/mol. The quantitative estimate of drug-likeness (QED) is 0.762. The van der Waals surface area contributed by atoms with E-state index in [0.29, 0.717) is 5.57 Å². The Morgan fingerprint density at radius 3 is 2.38 bits per heavy atom. The van der Waals surface area contributed by atoms with Gasteiger partial charge in [-0.3, -0.25) is 4.79 Å². The van der Waals surface area contributed by atoms with Crippen LogP contribution in [0.25, 0.3) is 6.08 Å². The molecule has 134 valence electrons. The number of hydrogen-bond donors (Lipinski definition) is 0. The van der Waals surface area contributed by atoms with Gasteiger partial charge in [0.05, 0.1) is 23.9 Å². The van der Waals surface area contributed by atoms with Gasteiger partial charge in [0.25, 0.3) is 0 Å². The van der Waals surface area contributed by atoms with Crippen LogP contribution in [0.15, 0.2) is 59.0 Å². The van der Waals surface area contributed by atoms with E-state index in [1.807, 2.05) is 24.3 Å². The number of morpholine rings is 1. The van der Waals surface area contributed by atoms with Crippen LogP contribution in [-0.4, -0.2) is 46.3 Å². The van der Waals surface area contributed by atoms with Gasteiger partial charge < -0.3 is 9.64 Å². The Kier molecular flexibility index (Phi) is 4.38. The van der Waals surface area contributed by atoms with Crippen molar-refractivity contribution in [2.75, 3.05) is 37.0 Å². The Balaban J connectivity index is 1.63. The molecule has 0 aromatic heterocycles. The summed E-state index contributed by atoms with van der Waals surface area (Å²) < 4.78 is 30.3. The Hall–Kier alpha value is -2.44. The van der Waals surface area contributed by atoms with Crippen molar-refractivity contribution in [1.82, 2.24) is 0 Å². The molecule has 0 aliphatic carbocycles. The number of nitrogens with zero attached hydrogens (tertiary/aromatic N) is 1. The first-order valence-corrected chi connectivity index (χ1v) is 10.2. The molecule has 2 aliphatic rings. The Morgan fingerprint density at radius 2 is 1.65 bits per heavy atom. The number of rotatable bonds is 2. The molecular weight excluding hydrogens is 350 g/mol. The fourth-order valence-electron chi connectivity index (χ4n) is 3.36. The van der Waals surface area contributed by atoms with Crippen molar-refractivity contribution >= 4 is 27.4 Å². The number of Topliss-reactive ketones (excluding diaryl/α,β-unsaturated/α-hetero) is 1. The number of ether oxygens (including phenoxy) is 1. The minimum atomic E-state index is -3.48. The summed E-state index contributed by atoms with van der Waals surface area (Å²) in [4.78, 5) is 15.0. The number of sulfone groups is 1. The van der Waals surface area contributed by atoms with Gasteiger partial charge in [0.2, 0.25) is 0 Å². The van der Waals surface area contributed by atoms with Crippen LogP contribution in [0.1, 0.15) is 15.9 Å². The van der Waals surface area contributed by atoms with Crippen molar-refractivity contribution in [3.05, 3.63) is 65.2 Å². The van der Waals surface area contributed by atoms with Gasteiger partial charge in [0.1, 0.15) is 0 Å². The molecule has 0 spiro atoms. The highest BCUT2D eigenvalue weighted by molar-refractivity contribution is 7.91. The molecule has 6 heteroatoms. The standard InChI is InChI=1S/C20H19NO4S/c22-20-16(14-26(23,24)19-4-2-1-3-18(19)20)13-15-5-7-17(8-6-15)21-9-11-25-12-10-21/h1-8,13H,9-12,14H2/b16-13+. The van der Waals surface area contributed by atoms with E-state index in [0.717, 1.165) is 37.6 Å². The molecule has 2 aromatic rings. The van der Waals surface area contributed by atoms with Crippen molar-refractivity contribution in [3.63, 3.8) is 0 Å². The van der Waals surface area contributed by atoms with Gasteiger partial charge in [-0.05, 0) is 35.9 Å².